The first-order chi connectivity index (χ1) is 16.7. The molecule has 1 fully saturated rings. The molecule has 4 aromatic rings. The smallest absolute Gasteiger partial charge is 0.399 e. The van der Waals surface area contributed by atoms with Crippen LogP contribution in [0.2, 0.25) is 0 Å². The second-order valence-corrected chi connectivity index (χ2v) is 10.2. The standard InChI is InChI=1S/C31H32BNO2/c1-23-28(25-15-12-16-26(21-25)32-34-30(2,3)31(4,5)35-32)22-33(27-17-10-7-11-18-27)29(23)20-19-24-13-8-6-9-14-24/h6-22H,1-5H3/b20-19-. The van der Waals surface area contributed by atoms with Gasteiger partial charge in [0.15, 0.2) is 0 Å². The zero-order chi connectivity index (χ0) is 24.6. The molecule has 4 heteroatoms. The number of benzene rings is 3. The summed E-state index contributed by atoms with van der Waals surface area (Å²) in [6.07, 6.45) is 6.62. The third kappa shape index (κ3) is 4.52. The fourth-order valence-electron chi connectivity index (χ4n) is 4.48. The van der Waals surface area contributed by atoms with Gasteiger partial charge >= 0.3 is 7.12 Å². The summed E-state index contributed by atoms with van der Waals surface area (Å²) in [4.78, 5) is 0. The van der Waals surface area contributed by atoms with Gasteiger partial charge in [-0.2, -0.15) is 0 Å². The van der Waals surface area contributed by atoms with E-state index in [0.29, 0.717) is 0 Å². The van der Waals surface area contributed by atoms with Gasteiger partial charge in [0.1, 0.15) is 0 Å². The Morgan fingerprint density at radius 2 is 1.37 bits per heavy atom. The average molecular weight is 461 g/mol. The molecule has 0 saturated carbocycles. The highest BCUT2D eigenvalue weighted by Crippen LogP contribution is 2.37. The van der Waals surface area contributed by atoms with E-state index in [1.165, 1.54) is 16.7 Å². The molecule has 2 heterocycles. The molecule has 0 spiro atoms. The minimum absolute atomic E-state index is 0.365. The van der Waals surface area contributed by atoms with Gasteiger partial charge in [-0.25, -0.2) is 0 Å². The minimum atomic E-state index is -0.381. The fraction of sp³-hybridized carbons (Fsp3) is 0.226. The second-order valence-electron chi connectivity index (χ2n) is 10.2. The lowest BCUT2D eigenvalue weighted by atomic mass is 9.78. The largest absolute Gasteiger partial charge is 0.494 e. The van der Waals surface area contributed by atoms with Gasteiger partial charge in [-0.3, -0.25) is 0 Å². The summed E-state index contributed by atoms with van der Waals surface area (Å²) in [7, 11) is -0.381. The van der Waals surface area contributed by atoms with Crippen molar-refractivity contribution in [2.75, 3.05) is 0 Å². The molecule has 35 heavy (non-hydrogen) atoms. The summed E-state index contributed by atoms with van der Waals surface area (Å²) in [6, 6.07) is 29.4. The van der Waals surface area contributed by atoms with Gasteiger partial charge in [0.2, 0.25) is 0 Å². The molecule has 1 aliphatic rings. The number of hydrogen-bond acceptors (Lipinski definition) is 2. The van der Waals surface area contributed by atoms with Crippen LogP contribution < -0.4 is 5.46 Å². The molecule has 0 unspecified atom stereocenters. The summed E-state index contributed by atoms with van der Waals surface area (Å²) in [5, 5.41) is 0. The summed E-state index contributed by atoms with van der Waals surface area (Å²) >= 11 is 0. The Morgan fingerprint density at radius 3 is 2.03 bits per heavy atom. The topological polar surface area (TPSA) is 23.4 Å². The van der Waals surface area contributed by atoms with Crippen molar-refractivity contribution in [3.05, 3.63) is 108 Å². The summed E-state index contributed by atoms with van der Waals surface area (Å²) in [5.74, 6) is 0. The monoisotopic (exact) mass is 461 g/mol. The van der Waals surface area contributed by atoms with Crippen molar-refractivity contribution in [2.24, 2.45) is 0 Å². The van der Waals surface area contributed by atoms with E-state index in [9.17, 15) is 0 Å². The predicted octanol–water partition coefficient (Wildman–Crippen LogP) is 6.92. The molecule has 0 N–H and O–H groups in total. The lowest BCUT2D eigenvalue weighted by molar-refractivity contribution is 0.00578. The quantitative estimate of drug-likeness (QED) is 0.301. The van der Waals surface area contributed by atoms with Gasteiger partial charge in [-0.15, -0.1) is 0 Å². The molecule has 0 amide bonds. The molecule has 3 aromatic carbocycles. The van der Waals surface area contributed by atoms with Crippen molar-refractivity contribution in [1.82, 2.24) is 4.57 Å². The number of hydrogen-bond donors (Lipinski definition) is 0. The van der Waals surface area contributed by atoms with Crippen molar-refractivity contribution in [3.63, 3.8) is 0 Å². The Bertz CT molecular complexity index is 1340. The van der Waals surface area contributed by atoms with E-state index in [-0.39, 0.29) is 18.3 Å². The number of para-hydroxylation sites is 1. The summed E-state index contributed by atoms with van der Waals surface area (Å²) in [6.45, 7) is 10.6. The molecule has 0 atom stereocenters. The van der Waals surface area contributed by atoms with Crippen molar-refractivity contribution >= 4 is 24.7 Å². The molecule has 5 rings (SSSR count). The highest BCUT2D eigenvalue weighted by Gasteiger charge is 2.51. The Morgan fingerprint density at radius 1 is 0.743 bits per heavy atom. The molecular formula is C31H32BNO2. The zero-order valence-electron chi connectivity index (χ0n) is 21.2. The van der Waals surface area contributed by atoms with Crippen LogP contribution in [-0.4, -0.2) is 22.9 Å². The van der Waals surface area contributed by atoms with Crippen LogP contribution >= 0.6 is 0 Å². The van der Waals surface area contributed by atoms with E-state index in [4.69, 9.17) is 9.31 Å². The van der Waals surface area contributed by atoms with E-state index in [2.05, 4.69) is 130 Å². The van der Waals surface area contributed by atoms with Gasteiger partial charge in [-0.1, -0.05) is 78.9 Å². The molecule has 3 nitrogen and oxygen atoms in total. The SMILES string of the molecule is Cc1c(-c2cccc(B3OC(C)(C)C(C)(C)O3)c2)cn(-c2ccccc2)c1/C=C\c1ccccc1. The molecule has 1 saturated heterocycles. The first kappa shape index (κ1) is 23.4. The van der Waals surface area contributed by atoms with Crippen molar-refractivity contribution in [3.8, 4) is 16.8 Å². The van der Waals surface area contributed by atoms with Crippen LogP contribution in [0.25, 0.3) is 29.0 Å². The van der Waals surface area contributed by atoms with Crippen molar-refractivity contribution in [2.45, 2.75) is 45.8 Å². The van der Waals surface area contributed by atoms with Gasteiger partial charge < -0.3 is 13.9 Å². The maximum atomic E-state index is 6.32. The van der Waals surface area contributed by atoms with Crippen LogP contribution in [0.3, 0.4) is 0 Å². The maximum Gasteiger partial charge on any atom is 0.494 e. The molecule has 0 bridgehead atoms. The first-order valence-electron chi connectivity index (χ1n) is 12.2. The second kappa shape index (κ2) is 9.03. The van der Waals surface area contributed by atoms with Crippen LogP contribution in [0.4, 0.5) is 0 Å². The Balaban J connectivity index is 1.57. The van der Waals surface area contributed by atoms with Crippen LogP contribution in [0.5, 0.6) is 0 Å². The molecule has 0 aliphatic carbocycles. The van der Waals surface area contributed by atoms with Crippen LogP contribution in [0.15, 0.2) is 91.1 Å². The zero-order valence-corrected chi connectivity index (χ0v) is 21.2. The molecule has 0 radical (unpaired) electrons. The Hall–Kier alpha value is -3.34. The van der Waals surface area contributed by atoms with Crippen molar-refractivity contribution < 1.29 is 9.31 Å². The lowest BCUT2D eigenvalue weighted by Crippen LogP contribution is -2.41. The van der Waals surface area contributed by atoms with Gasteiger partial charge in [0, 0.05) is 23.1 Å². The molecule has 1 aromatic heterocycles. The Labute approximate surface area is 209 Å². The summed E-state index contributed by atoms with van der Waals surface area (Å²) in [5.41, 5.74) is 7.36. The number of aromatic nitrogens is 1. The fourth-order valence-corrected chi connectivity index (χ4v) is 4.48. The van der Waals surface area contributed by atoms with E-state index in [1.807, 2.05) is 12.1 Å². The lowest BCUT2D eigenvalue weighted by Gasteiger charge is -2.32. The van der Waals surface area contributed by atoms with E-state index in [1.54, 1.807) is 0 Å². The normalized spacial score (nSPS) is 16.8. The summed E-state index contributed by atoms with van der Waals surface area (Å²) < 4.78 is 14.9. The van der Waals surface area contributed by atoms with E-state index < -0.39 is 0 Å². The predicted molar refractivity (Wildman–Crippen MR) is 147 cm³/mol. The molecule has 176 valence electrons. The minimum Gasteiger partial charge on any atom is -0.399 e. The van der Waals surface area contributed by atoms with E-state index >= 15 is 0 Å². The number of rotatable bonds is 5. The number of nitrogens with zero attached hydrogens (tertiary/aromatic N) is 1. The van der Waals surface area contributed by atoms with E-state index in [0.717, 1.165) is 22.4 Å². The Kier molecular flexibility index (Phi) is 6.04. The van der Waals surface area contributed by atoms with Crippen LogP contribution in [0.1, 0.15) is 44.5 Å². The molecule has 1 aliphatic heterocycles. The average Bonchev–Trinajstić information content (AvgIpc) is 3.30. The maximum absolute atomic E-state index is 6.32. The highest BCUT2D eigenvalue weighted by molar-refractivity contribution is 6.62. The third-order valence-electron chi connectivity index (χ3n) is 7.30. The van der Waals surface area contributed by atoms with Crippen LogP contribution in [-0.2, 0) is 9.31 Å². The highest BCUT2D eigenvalue weighted by atomic mass is 16.7. The van der Waals surface area contributed by atoms with Gasteiger partial charge in [-0.05, 0) is 75.0 Å². The van der Waals surface area contributed by atoms with Crippen molar-refractivity contribution in [1.29, 1.82) is 0 Å². The first-order valence-corrected chi connectivity index (χ1v) is 12.2. The third-order valence-corrected chi connectivity index (χ3v) is 7.30. The van der Waals surface area contributed by atoms with Gasteiger partial charge in [0.05, 0.1) is 11.2 Å². The molecular weight excluding hydrogens is 429 g/mol. The van der Waals surface area contributed by atoms with Gasteiger partial charge in [0.25, 0.3) is 0 Å². The van der Waals surface area contributed by atoms with Crippen LogP contribution in [0, 0.1) is 6.92 Å².